The summed E-state index contributed by atoms with van der Waals surface area (Å²) >= 11 is 0. The second-order valence-corrected chi connectivity index (χ2v) is 18.4. The van der Waals surface area contributed by atoms with Crippen LogP contribution in [-0.2, 0) is 21.0 Å². The highest BCUT2D eigenvalue weighted by atomic mass is 28.3. The van der Waals surface area contributed by atoms with Gasteiger partial charge in [-0.05, 0) is 69.5 Å². The number of likely N-dealkylation sites (tertiary alicyclic amines) is 1. The van der Waals surface area contributed by atoms with E-state index in [9.17, 15) is 9.59 Å². The van der Waals surface area contributed by atoms with Gasteiger partial charge in [-0.1, -0.05) is 25.7 Å². The van der Waals surface area contributed by atoms with Gasteiger partial charge in [-0.3, -0.25) is 19.5 Å². The fraction of sp³-hybridized carbons (Fsp3) is 0.500. The van der Waals surface area contributed by atoms with E-state index in [4.69, 9.17) is 14.5 Å². The molecule has 2 N–H and O–H groups in total. The van der Waals surface area contributed by atoms with Crippen LogP contribution in [-0.4, -0.2) is 78.3 Å². The number of amides is 2. The van der Waals surface area contributed by atoms with Gasteiger partial charge in [0.2, 0.25) is 5.91 Å². The molecule has 0 spiro atoms. The summed E-state index contributed by atoms with van der Waals surface area (Å²) in [6.45, 7) is 14.6. The third kappa shape index (κ3) is 7.97. The van der Waals surface area contributed by atoms with Crippen LogP contribution in [0.15, 0.2) is 36.7 Å². The lowest BCUT2D eigenvalue weighted by molar-refractivity contribution is -0.117. The minimum Gasteiger partial charge on any atom is -0.377 e. The number of anilines is 2. The van der Waals surface area contributed by atoms with Crippen LogP contribution in [0.3, 0.4) is 0 Å². The largest absolute Gasteiger partial charge is 0.377 e. The summed E-state index contributed by atoms with van der Waals surface area (Å²) in [5.74, 6) is -0.379. The van der Waals surface area contributed by atoms with Crippen LogP contribution in [0.2, 0.25) is 25.7 Å². The van der Waals surface area contributed by atoms with Crippen molar-refractivity contribution >= 4 is 47.9 Å². The average molecular weight is 605 g/mol. The Labute approximate surface area is 254 Å². The van der Waals surface area contributed by atoms with Crippen molar-refractivity contribution in [2.24, 2.45) is 0 Å². The van der Waals surface area contributed by atoms with E-state index in [1.807, 2.05) is 13.0 Å². The first-order valence-electron chi connectivity index (χ1n) is 15.2. The molecule has 1 atom stereocenters. The van der Waals surface area contributed by atoms with E-state index in [0.29, 0.717) is 61.8 Å². The Balaban J connectivity index is 1.32. The van der Waals surface area contributed by atoms with Gasteiger partial charge in [0.1, 0.15) is 12.4 Å². The molecule has 43 heavy (non-hydrogen) atoms. The fourth-order valence-electron chi connectivity index (χ4n) is 5.50. The molecule has 0 aromatic carbocycles. The maximum Gasteiger partial charge on any atom is 0.257 e. The quantitative estimate of drug-likeness (QED) is 0.219. The highest BCUT2D eigenvalue weighted by Gasteiger charge is 2.23. The Morgan fingerprint density at radius 1 is 1.14 bits per heavy atom. The predicted octanol–water partition coefficient (Wildman–Crippen LogP) is 5.53. The van der Waals surface area contributed by atoms with Crippen molar-refractivity contribution in [2.75, 3.05) is 43.5 Å². The van der Waals surface area contributed by atoms with Gasteiger partial charge in [0.25, 0.3) is 5.91 Å². The van der Waals surface area contributed by atoms with Crippen LogP contribution in [0.5, 0.6) is 0 Å². The van der Waals surface area contributed by atoms with Crippen molar-refractivity contribution in [1.29, 1.82) is 0 Å². The molecule has 1 saturated heterocycles. The number of ether oxygens (including phenoxy) is 2. The van der Waals surface area contributed by atoms with Crippen LogP contribution in [0.1, 0.15) is 47.9 Å². The second-order valence-electron chi connectivity index (χ2n) is 12.8. The molecule has 2 aliphatic rings. The topological polar surface area (TPSA) is 111 Å². The number of nitrogens with one attached hydrogen (secondary N) is 2. The molecule has 0 aliphatic carbocycles. The van der Waals surface area contributed by atoms with E-state index in [2.05, 4.69) is 63.8 Å². The number of pyridine rings is 2. The van der Waals surface area contributed by atoms with E-state index in [1.54, 1.807) is 18.5 Å². The molecule has 3 aromatic heterocycles. The summed E-state index contributed by atoms with van der Waals surface area (Å²) < 4.78 is 13.8. The first-order valence-corrected chi connectivity index (χ1v) is 18.9. The van der Waals surface area contributed by atoms with Crippen molar-refractivity contribution in [2.45, 2.75) is 71.6 Å². The van der Waals surface area contributed by atoms with Gasteiger partial charge in [-0.2, -0.15) is 0 Å². The molecule has 3 aromatic rings. The van der Waals surface area contributed by atoms with E-state index >= 15 is 0 Å². The molecule has 230 valence electrons. The molecule has 2 aliphatic heterocycles. The summed E-state index contributed by atoms with van der Waals surface area (Å²) in [4.78, 5) is 37.3. The van der Waals surface area contributed by atoms with Crippen molar-refractivity contribution in [3.8, 4) is 0 Å². The van der Waals surface area contributed by atoms with Gasteiger partial charge in [-0.25, -0.2) is 4.98 Å². The summed E-state index contributed by atoms with van der Waals surface area (Å²) in [7, 11) is -1.21. The third-order valence-corrected chi connectivity index (χ3v) is 9.87. The van der Waals surface area contributed by atoms with Gasteiger partial charge < -0.3 is 24.7 Å². The molecular formula is C32H44N6O4Si. The van der Waals surface area contributed by atoms with Gasteiger partial charge in [-0.15, -0.1) is 0 Å². The molecule has 5 rings (SSSR count). The zero-order chi connectivity index (χ0) is 30.6. The highest BCUT2D eigenvalue weighted by molar-refractivity contribution is 6.76. The number of hydrogen-bond acceptors (Lipinski definition) is 7. The van der Waals surface area contributed by atoms with Crippen molar-refractivity contribution in [1.82, 2.24) is 19.4 Å². The number of fused-ring (bicyclic) bond motifs is 1. The molecule has 2 amide bonds. The lowest BCUT2D eigenvalue weighted by Gasteiger charge is -2.20. The maximum atomic E-state index is 13.4. The lowest BCUT2D eigenvalue weighted by Crippen LogP contribution is -2.35. The van der Waals surface area contributed by atoms with Crippen molar-refractivity contribution < 1.29 is 19.1 Å². The molecule has 11 heteroatoms. The predicted molar refractivity (Wildman–Crippen MR) is 173 cm³/mol. The SMILES string of the molecule is Cc1ncc(NC(=O)CN2CCC[C@@H]2C)cc1NC(=O)c1cnc2c(c1)cc(C1=CCOCC1)n2COCC[Si](C)(C)C. The first kappa shape index (κ1) is 31.1. The molecular weight excluding hydrogens is 560 g/mol. The van der Waals surface area contributed by atoms with Crippen LogP contribution >= 0.6 is 0 Å². The maximum absolute atomic E-state index is 13.4. The molecule has 0 radical (unpaired) electrons. The van der Waals surface area contributed by atoms with Crippen LogP contribution in [0.4, 0.5) is 11.4 Å². The number of aromatic nitrogens is 3. The Hall–Kier alpha value is -3.38. The zero-order valence-electron chi connectivity index (χ0n) is 26.0. The Morgan fingerprint density at radius 3 is 2.70 bits per heavy atom. The highest BCUT2D eigenvalue weighted by Crippen LogP contribution is 2.29. The van der Waals surface area contributed by atoms with Crippen molar-refractivity contribution in [3.05, 3.63) is 53.6 Å². The summed E-state index contributed by atoms with van der Waals surface area (Å²) in [6.07, 6.45) is 8.37. The number of hydrogen-bond donors (Lipinski definition) is 2. The molecule has 0 bridgehead atoms. The fourth-order valence-corrected chi connectivity index (χ4v) is 6.25. The molecule has 0 saturated carbocycles. The summed E-state index contributed by atoms with van der Waals surface area (Å²) in [6, 6.07) is 7.20. The average Bonchev–Trinajstić information content (AvgIpc) is 3.55. The summed E-state index contributed by atoms with van der Waals surface area (Å²) in [5.41, 5.74) is 5.21. The Morgan fingerprint density at radius 2 is 1.98 bits per heavy atom. The third-order valence-electron chi connectivity index (χ3n) is 8.16. The smallest absolute Gasteiger partial charge is 0.257 e. The minimum absolute atomic E-state index is 0.0873. The van der Waals surface area contributed by atoms with Gasteiger partial charge in [0.15, 0.2) is 0 Å². The molecule has 0 unspecified atom stereocenters. The number of aryl methyl sites for hydroxylation is 1. The van der Waals surface area contributed by atoms with E-state index < -0.39 is 8.07 Å². The zero-order valence-corrected chi connectivity index (χ0v) is 27.0. The second kappa shape index (κ2) is 13.5. The monoisotopic (exact) mass is 604 g/mol. The Kier molecular flexibility index (Phi) is 9.75. The van der Waals surface area contributed by atoms with E-state index in [0.717, 1.165) is 48.6 Å². The number of nitrogens with zero attached hydrogens (tertiary/aromatic N) is 4. The van der Waals surface area contributed by atoms with Crippen LogP contribution in [0.25, 0.3) is 16.6 Å². The number of carbonyl (C=O) groups is 2. The molecule has 1 fully saturated rings. The minimum atomic E-state index is -1.21. The molecule has 5 heterocycles. The first-order chi connectivity index (χ1) is 20.6. The van der Waals surface area contributed by atoms with E-state index in [-0.39, 0.29) is 11.8 Å². The normalized spacial score (nSPS) is 17.7. The van der Waals surface area contributed by atoms with E-state index in [1.165, 1.54) is 5.57 Å². The Bertz CT molecular complexity index is 1510. The summed E-state index contributed by atoms with van der Waals surface area (Å²) in [5, 5.41) is 6.77. The van der Waals surface area contributed by atoms with Gasteiger partial charge >= 0.3 is 0 Å². The van der Waals surface area contributed by atoms with Crippen molar-refractivity contribution in [3.63, 3.8) is 0 Å². The van der Waals surface area contributed by atoms with Crippen LogP contribution in [0, 0.1) is 6.92 Å². The van der Waals surface area contributed by atoms with Gasteiger partial charge in [0, 0.05) is 38.0 Å². The number of carbonyl (C=O) groups excluding carboxylic acids is 2. The van der Waals surface area contributed by atoms with Crippen LogP contribution < -0.4 is 10.6 Å². The van der Waals surface area contributed by atoms with Gasteiger partial charge in [0.05, 0.1) is 48.6 Å². The lowest BCUT2D eigenvalue weighted by atomic mass is 10.1. The standard InChI is InChI=1S/C32H44N6O4Si/c1-22-7-6-10-37(22)20-30(39)35-27-17-28(23(2)33-19-27)36-32(40)26-15-25-16-29(24-8-11-41-12-9-24)38(31(25)34-18-26)21-42-13-14-43(3,4)5/h8,15-19,22H,6-7,9-14,20-21H2,1-5H3,(H,35,39)(H,36,40)/t22-/m0/s1. The number of rotatable bonds is 11. The molecule has 10 nitrogen and oxygen atoms in total.